The van der Waals surface area contributed by atoms with Gasteiger partial charge < -0.3 is 29.7 Å². The smallest absolute Gasteiger partial charge is 0.334 e. The first kappa shape index (κ1) is 42.8. The molecule has 0 aliphatic carbocycles. The fourth-order valence-corrected chi connectivity index (χ4v) is 9.27. The molecule has 332 valence electrons. The number of nitrogens with zero attached hydrogens (tertiary/aromatic N) is 8. The lowest BCUT2D eigenvalue weighted by atomic mass is 9.97. The highest BCUT2D eigenvalue weighted by Crippen LogP contribution is 2.35. The predicted molar refractivity (Wildman–Crippen MR) is 248 cm³/mol. The van der Waals surface area contributed by atoms with E-state index in [9.17, 15) is 24.3 Å². The van der Waals surface area contributed by atoms with Gasteiger partial charge in [0.05, 0.1) is 18.6 Å². The van der Waals surface area contributed by atoms with Gasteiger partial charge in [-0.25, -0.2) is 24.8 Å². The number of aryl methyl sites for hydroxylation is 1. The maximum Gasteiger partial charge on any atom is 0.334 e. The molecule has 4 aromatic carbocycles. The van der Waals surface area contributed by atoms with Gasteiger partial charge in [-0.15, -0.1) is 6.58 Å². The number of urea groups is 1. The van der Waals surface area contributed by atoms with Gasteiger partial charge in [-0.1, -0.05) is 84.9 Å². The van der Waals surface area contributed by atoms with Crippen molar-refractivity contribution in [2.75, 3.05) is 50.7 Å². The van der Waals surface area contributed by atoms with Crippen LogP contribution in [0.4, 0.5) is 10.6 Å². The minimum absolute atomic E-state index is 0.0696. The number of carbonyl (C=O) groups is 4. The van der Waals surface area contributed by atoms with E-state index in [1.807, 2.05) is 97.0 Å². The Morgan fingerprint density at radius 3 is 2.34 bits per heavy atom. The number of anilines is 1. The lowest BCUT2D eigenvalue weighted by Crippen LogP contribution is -2.76. The molecule has 2 aromatic heterocycles. The van der Waals surface area contributed by atoms with Gasteiger partial charge in [0, 0.05) is 88.2 Å². The molecule has 3 N–H and O–H groups in total. The summed E-state index contributed by atoms with van der Waals surface area (Å²) < 4.78 is 2.05. The number of carbonyl (C=O) groups excluding carboxylic acids is 4. The number of hydrogen-bond donors (Lipinski definition) is 3. The van der Waals surface area contributed by atoms with Crippen molar-refractivity contribution in [3.8, 4) is 16.9 Å². The van der Waals surface area contributed by atoms with Gasteiger partial charge >= 0.3 is 6.03 Å². The van der Waals surface area contributed by atoms with E-state index in [1.165, 1.54) is 0 Å². The quantitative estimate of drug-likeness (QED) is 0.142. The van der Waals surface area contributed by atoms with Gasteiger partial charge in [0.1, 0.15) is 23.8 Å². The van der Waals surface area contributed by atoms with E-state index in [-0.39, 0.29) is 62.6 Å². The first-order valence-corrected chi connectivity index (χ1v) is 21.9. The molecular weight excluding hydrogens is 821 g/mol. The average molecular weight is 873 g/mol. The molecule has 0 spiro atoms. The highest BCUT2D eigenvalue weighted by atomic mass is 16.3. The number of phenolic OH excluding ortho intramolecular Hbond substituents is 1. The molecule has 5 heterocycles. The molecule has 3 aliphatic heterocycles. The molecule has 3 fully saturated rings. The van der Waals surface area contributed by atoms with E-state index in [0.29, 0.717) is 18.7 Å². The third kappa shape index (κ3) is 9.01. The molecule has 6 aromatic rings. The van der Waals surface area contributed by atoms with E-state index >= 15 is 0 Å². The van der Waals surface area contributed by atoms with Crippen molar-refractivity contribution < 1.29 is 24.3 Å². The number of para-hydroxylation sites is 1. The van der Waals surface area contributed by atoms with Crippen molar-refractivity contribution >= 4 is 40.5 Å². The molecule has 9 rings (SSSR count). The fraction of sp³-hybridized carbons (Fsp3) is 0.260. The lowest BCUT2D eigenvalue weighted by molar-refractivity contribution is -0.189. The van der Waals surface area contributed by atoms with E-state index < -0.39 is 18.2 Å². The van der Waals surface area contributed by atoms with Crippen LogP contribution in [0.1, 0.15) is 27.0 Å². The van der Waals surface area contributed by atoms with Crippen LogP contribution in [0.3, 0.4) is 0 Å². The fourth-order valence-electron chi connectivity index (χ4n) is 9.27. The Balaban J connectivity index is 0.965. The Hall–Kier alpha value is -7.49. The summed E-state index contributed by atoms with van der Waals surface area (Å²) in [4.78, 5) is 66.6. The molecule has 0 saturated carbocycles. The highest BCUT2D eigenvalue weighted by molar-refractivity contribution is 5.99. The van der Waals surface area contributed by atoms with Gasteiger partial charge in [-0.05, 0) is 58.7 Å². The van der Waals surface area contributed by atoms with Crippen LogP contribution < -0.4 is 15.6 Å². The SMILES string of the molecule is C=CCN1CC(=O)N2[C@@H](Cc3ccc(O)cc3)C(=O)N(Cc3cccc4c(-c5ccc(C(=O)NN6CCN(c7ccccn7)CC6)cc5)cn(C)c34)C[C@@H]2N1C(=O)NCc1ccccc1. The predicted octanol–water partition coefficient (Wildman–Crippen LogP) is 5.15. The van der Waals surface area contributed by atoms with Crippen LogP contribution in [0, 0.1) is 0 Å². The lowest BCUT2D eigenvalue weighted by Gasteiger charge is -2.55. The Kier molecular flexibility index (Phi) is 12.3. The minimum Gasteiger partial charge on any atom is -0.508 e. The van der Waals surface area contributed by atoms with Crippen LogP contribution in [0.5, 0.6) is 5.75 Å². The monoisotopic (exact) mass is 872 g/mol. The second-order valence-electron chi connectivity index (χ2n) is 16.7. The summed E-state index contributed by atoms with van der Waals surface area (Å²) in [6.07, 6.45) is 4.87. The normalized spacial score (nSPS) is 18.2. The molecule has 65 heavy (non-hydrogen) atoms. The maximum atomic E-state index is 14.8. The number of hydrogen-bond acceptors (Lipinski definition) is 9. The Bertz CT molecular complexity index is 2680. The van der Waals surface area contributed by atoms with Crippen LogP contribution >= 0.6 is 0 Å². The van der Waals surface area contributed by atoms with E-state index in [0.717, 1.165) is 57.6 Å². The van der Waals surface area contributed by atoms with Crippen molar-refractivity contribution in [2.45, 2.75) is 31.7 Å². The van der Waals surface area contributed by atoms with Gasteiger partial charge in [0.2, 0.25) is 11.8 Å². The zero-order valence-electron chi connectivity index (χ0n) is 36.3. The summed E-state index contributed by atoms with van der Waals surface area (Å²) >= 11 is 0. The summed E-state index contributed by atoms with van der Waals surface area (Å²) in [5.74, 6) is 0.355. The topological polar surface area (TPSA) is 150 Å². The van der Waals surface area contributed by atoms with Crippen molar-refractivity contribution in [1.82, 2.24) is 45.1 Å². The molecule has 15 heteroatoms. The first-order valence-electron chi connectivity index (χ1n) is 21.9. The molecule has 2 atom stereocenters. The number of amides is 5. The van der Waals surface area contributed by atoms with Crippen LogP contribution in [0.15, 0.2) is 140 Å². The van der Waals surface area contributed by atoms with Gasteiger partial charge in [-0.3, -0.25) is 19.8 Å². The van der Waals surface area contributed by atoms with Crippen LogP contribution in [0.25, 0.3) is 22.0 Å². The second-order valence-corrected chi connectivity index (χ2v) is 16.7. The van der Waals surface area contributed by atoms with Crippen LogP contribution in [-0.2, 0) is 36.1 Å². The number of hydrazine groups is 2. The summed E-state index contributed by atoms with van der Waals surface area (Å²) in [6.45, 7) is 7.45. The molecule has 3 saturated heterocycles. The van der Waals surface area contributed by atoms with Gasteiger partial charge in [-0.2, -0.15) is 0 Å². The third-order valence-corrected chi connectivity index (χ3v) is 12.4. The van der Waals surface area contributed by atoms with Crippen molar-refractivity contribution in [1.29, 1.82) is 0 Å². The number of fused-ring (bicyclic) bond motifs is 2. The van der Waals surface area contributed by atoms with Gasteiger partial charge in [0.15, 0.2) is 0 Å². The van der Waals surface area contributed by atoms with Crippen molar-refractivity contribution in [2.24, 2.45) is 7.05 Å². The molecule has 0 unspecified atom stereocenters. The Morgan fingerprint density at radius 1 is 0.862 bits per heavy atom. The molecular formula is C50H52N10O5. The van der Waals surface area contributed by atoms with Gasteiger partial charge in [0.25, 0.3) is 5.91 Å². The average Bonchev–Trinajstić information content (AvgIpc) is 3.67. The standard InChI is InChI=1S/C50H52N10O5/c1-3-24-58-34-46(62)59-43(29-35-15-21-40(61)22-16-35)49(64)56(33-45(59)60(58)50(65)52-30-36-10-5-4-6-11-36)31-39-12-9-13-41-42(32-54(2)47(39)41)37-17-19-38(20-18-37)48(63)53-57-27-25-55(26-28-57)44-14-7-8-23-51-44/h3-23,32,43,45,61H,1,24-31,33-34H2,2H3,(H,52,65)(H,53,63)/t43-,45-/m0/s1. The van der Waals surface area contributed by atoms with Crippen molar-refractivity contribution in [3.63, 3.8) is 0 Å². The Morgan fingerprint density at radius 2 is 1.62 bits per heavy atom. The zero-order valence-corrected chi connectivity index (χ0v) is 36.3. The highest BCUT2D eigenvalue weighted by Gasteiger charge is 2.51. The minimum atomic E-state index is -0.920. The van der Waals surface area contributed by atoms with Crippen LogP contribution in [-0.4, -0.2) is 121 Å². The summed E-state index contributed by atoms with van der Waals surface area (Å²) in [6, 6.07) is 34.4. The number of aromatic nitrogens is 2. The number of piperazine rings is 2. The molecule has 15 nitrogen and oxygen atoms in total. The third-order valence-electron chi connectivity index (χ3n) is 12.4. The Labute approximate surface area is 377 Å². The van der Waals surface area contributed by atoms with E-state index in [1.54, 1.807) is 56.4 Å². The molecule has 0 radical (unpaired) electrons. The maximum absolute atomic E-state index is 14.8. The number of aromatic hydroxyl groups is 1. The summed E-state index contributed by atoms with van der Waals surface area (Å²) in [7, 11) is 1.98. The van der Waals surface area contributed by atoms with E-state index in [2.05, 4.69) is 44.0 Å². The number of phenols is 1. The summed E-state index contributed by atoms with van der Waals surface area (Å²) in [5, 5.41) is 19.3. The summed E-state index contributed by atoms with van der Waals surface area (Å²) in [5.41, 5.74) is 9.05. The number of benzene rings is 4. The van der Waals surface area contributed by atoms with Crippen molar-refractivity contribution in [3.05, 3.63) is 163 Å². The zero-order chi connectivity index (χ0) is 45.0. The first-order chi connectivity index (χ1) is 31.6. The molecule has 0 bridgehead atoms. The molecule has 5 amide bonds. The number of pyridine rings is 1. The number of nitrogens with one attached hydrogen (secondary N) is 2. The second kappa shape index (κ2) is 18.7. The van der Waals surface area contributed by atoms with Crippen LogP contribution in [0.2, 0.25) is 0 Å². The molecule has 3 aliphatic rings. The van der Waals surface area contributed by atoms with E-state index in [4.69, 9.17) is 0 Å². The largest absolute Gasteiger partial charge is 0.508 e. The number of rotatable bonds is 12.